The van der Waals surface area contributed by atoms with E-state index in [1.165, 1.54) is 25.1 Å². The van der Waals surface area contributed by atoms with Crippen molar-refractivity contribution in [1.82, 2.24) is 9.88 Å². The first-order chi connectivity index (χ1) is 8.74. The number of likely N-dealkylation sites (N-methyl/N-ethyl adjacent to an activating group) is 1. The Kier molecular flexibility index (Phi) is 4.42. The van der Waals surface area contributed by atoms with Gasteiger partial charge in [0.2, 0.25) is 0 Å². The second kappa shape index (κ2) is 6.05. The van der Waals surface area contributed by atoms with Gasteiger partial charge in [-0.05, 0) is 32.5 Å². The van der Waals surface area contributed by atoms with Gasteiger partial charge in [0.1, 0.15) is 5.82 Å². The van der Waals surface area contributed by atoms with Crippen LogP contribution < -0.4 is 10.2 Å². The molecule has 1 aromatic heterocycles. The summed E-state index contributed by atoms with van der Waals surface area (Å²) in [6.45, 7) is 5.75. The van der Waals surface area contributed by atoms with E-state index in [4.69, 9.17) is 0 Å². The molecule has 1 aliphatic rings. The minimum atomic E-state index is 0.601. The van der Waals surface area contributed by atoms with Gasteiger partial charge in [0.25, 0.3) is 0 Å². The van der Waals surface area contributed by atoms with Crippen LogP contribution >= 0.6 is 0 Å². The zero-order chi connectivity index (χ0) is 13.0. The van der Waals surface area contributed by atoms with Crippen LogP contribution in [0.5, 0.6) is 0 Å². The monoisotopic (exact) mass is 248 g/mol. The van der Waals surface area contributed by atoms with Crippen LogP contribution in [0.3, 0.4) is 0 Å². The molecule has 4 heteroatoms. The SMILES string of the molecule is CCC1CN(C)CCCN1c1ccnc(NC)c1. The van der Waals surface area contributed by atoms with E-state index in [1.807, 2.05) is 13.2 Å². The van der Waals surface area contributed by atoms with Crippen molar-refractivity contribution in [3.63, 3.8) is 0 Å². The Hall–Kier alpha value is -1.29. The van der Waals surface area contributed by atoms with Crippen molar-refractivity contribution in [3.8, 4) is 0 Å². The maximum Gasteiger partial charge on any atom is 0.127 e. The van der Waals surface area contributed by atoms with Crippen LogP contribution in [-0.4, -0.2) is 49.7 Å². The molecule has 0 aliphatic carbocycles. The smallest absolute Gasteiger partial charge is 0.127 e. The predicted octanol–water partition coefficient (Wildman–Crippen LogP) is 2.04. The summed E-state index contributed by atoms with van der Waals surface area (Å²) in [7, 11) is 4.14. The first kappa shape index (κ1) is 13.1. The Morgan fingerprint density at radius 2 is 2.28 bits per heavy atom. The number of nitrogens with one attached hydrogen (secondary N) is 1. The second-order valence-corrected chi connectivity index (χ2v) is 5.02. The van der Waals surface area contributed by atoms with Gasteiger partial charge in [0.15, 0.2) is 0 Å². The average molecular weight is 248 g/mol. The molecule has 2 heterocycles. The molecule has 2 rings (SSSR count). The van der Waals surface area contributed by atoms with E-state index in [-0.39, 0.29) is 0 Å². The molecule has 1 fully saturated rings. The van der Waals surface area contributed by atoms with Crippen molar-refractivity contribution < 1.29 is 0 Å². The molecule has 100 valence electrons. The van der Waals surface area contributed by atoms with Crippen LogP contribution in [0.4, 0.5) is 11.5 Å². The zero-order valence-electron chi connectivity index (χ0n) is 11.7. The molecule has 1 atom stereocenters. The Labute approximate surface area is 110 Å². The lowest BCUT2D eigenvalue weighted by Gasteiger charge is -2.32. The summed E-state index contributed by atoms with van der Waals surface area (Å²) in [6.07, 6.45) is 4.30. The first-order valence-corrected chi connectivity index (χ1v) is 6.83. The Morgan fingerprint density at radius 3 is 3.00 bits per heavy atom. The molecule has 0 amide bonds. The third kappa shape index (κ3) is 2.93. The number of hydrogen-bond acceptors (Lipinski definition) is 4. The van der Waals surface area contributed by atoms with Gasteiger partial charge < -0.3 is 15.1 Å². The van der Waals surface area contributed by atoms with Crippen LogP contribution in [0, 0.1) is 0 Å². The summed E-state index contributed by atoms with van der Waals surface area (Å²) in [5.41, 5.74) is 1.29. The normalized spacial score (nSPS) is 21.7. The Balaban J connectivity index is 2.22. The molecule has 4 nitrogen and oxygen atoms in total. The standard InChI is InChI=1S/C14H24N4/c1-4-12-11-17(3)8-5-9-18(12)13-6-7-16-14(10-13)15-2/h6-7,10,12H,4-5,8-9,11H2,1-3H3,(H,15,16). The van der Waals surface area contributed by atoms with Crippen LogP contribution in [0.25, 0.3) is 0 Å². The molecule has 18 heavy (non-hydrogen) atoms. The fourth-order valence-corrected chi connectivity index (χ4v) is 2.67. The van der Waals surface area contributed by atoms with Gasteiger partial charge >= 0.3 is 0 Å². The third-order valence-corrected chi connectivity index (χ3v) is 3.70. The summed E-state index contributed by atoms with van der Waals surface area (Å²) >= 11 is 0. The van der Waals surface area contributed by atoms with Crippen LogP contribution in [0.2, 0.25) is 0 Å². The van der Waals surface area contributed by atoms with E-state index in [9.17, 15) is 0 Å². The molecule has 0 saturated carbocycles. The summed E-state index contributed by atoms with van der Waals surface area (Å²) in [4.78, 5) is 9.27. The maximum atomic E-state index is 4.29. The van der Waals surface area contributed by atoms with Gasteiger partial charge in [0.05, 0.1) is 0 Å². The summed E-state index contributed by atoms with van der Waals surface area (Å²) in [5.74, 6) is 0.944. The predicted molar refractivity (Wildman–Crippen MR) is 77.3 cm³/mol. The number of anilines is 2. The van der Waals surface area contributed by atoms with Gasteiger partial charge in [-0.1, -0.05) is 6.92 Å². The lowest BCUT2D eigenvalue weighted by molar-refractivity contribution is 0.328. The fourth-order valence-electron chi connectivity index (χ4n) is 2.67. The van der Waals surface area contributed by atoms with Crippen molar-refractivity contribution in [3.05, 3.63) is 18.3 Å². The van der Waals surface area contributed by atoms with Crippen molar-refractivity contribution in [1.29, 1.82) is 0 Å². The third-order valence-electron chi connectivity index (χ3n) is 3.70. The van der Waals surface area contributed by atoms with Crippen molar-refractivity contribution in [2.24, 2.45) is 0 Å². The Morgan fingerprint density at radius 1 is 1.44 bits per heavy atom. The molecule has 0 radical (unpaired) electrons. The molecular weight excluding hydrogens is 224 g/mol. The highest BCUT2D eigenvalue weighted by Crippen LogP contribution is 2.23. The molecule has 1 unspecified atom stereocenters. The van der Waals surface area contributed by atoms with Crippen LogP contribution in [0.15, 0.2) is 18.3 Å². The lowest BCUT2D eigenvalue weighted by Crippen LogP contribution is -2.39. The molecule has 1 aromatic rings. The van der Waals surface area contributed by atoms with E-state index in [2.05, 4.69) is 46.2 Å². The highest BCUT2D eigenvalue weighted by atomic mass is 15.2. The van der Waals surface area contributed by atoms with Gasteiger partial charge in [-0.15, -0.1) is 0 Å². The largest absolute Gasteiger partial charge is 0.373 e. The van der Waals surface area contributed by atoms with Gasteiger partial charge in [0, 0.05) is 44.1 Å². The van der Waals surface area contributed by atoms with Gasteiger partial charge in [-0.2, -0.15) is 0 Å². The minimum Gasteiger partial charge on any atom is -0.373 e. The second-order valence-electron chi connectivity index (χ2n) is 5.02. The maximum absolute atomic E-state index is 4.29. The molecular formula is C14H24N4. The number of nitrogens with zero attached hydrogens (tertiary/aromatic N) is 3. The summed E-state index contributed by atoms with van der Waals surface area (Å²) in [5, 5.41) is 3.12. The minimum absolute atomic E-state index is 0.601. The van der Waals surface area contributed by atoms with E-state index in [0.29, 0.717) is 6.04 Å². The number of rotatable bonds is 3. The summed E-state index contributed by atoms with van der Waals surface area (Å²) in [6, 6.07) is 4.87. The molecule has 1 aliphatic heterocycles. The zero-order valence-corrected chi connectivity index (χ0v) is 11.7. The molecule has 1 saturated heterocycles. The van der Waals surface area contributed by atoms with E-state index < -0.39 is 0 Å². The molecule has 0 spiro atoms. The summed E-state index contributed by atoms with van der Waals surface area (Å²) < 4.78 is 0. The average Bonchev–Trinajstić information content (AvgIpc) is 2.60. The number of aromatic nitrogens is 1. The van der Waals surface area contributed by atoms with E-state index in [1.54, 1.807) is 0 Å². The number of pyridine rings is 1. The molecule has 0 aromatic carbocycles. The van der Waals surface area contributed by atoms with E-state index in [0.717, 1.165) is 18.9 Å². The lowest BCUT2D eigenvalue weighted by atomic mass is 10.1. The highest BCUT2D eigenvalue weighted by molar-refractivity contribution is 5.54. The molecule has 1 N–H and O–H groups in total. The van der Waals surface area contributed by atoms with Gasteiger partial charge in [-0.25, -0.2) is 4.98 Å². The quantitative estimate of drug-likeness (QED) is 0.887. The highest BCUT2D eigenvalue weighted by Gasteiger charge is 2.22. The van der Waals surface area contributed by atoms with Crippen molar-refractivity contribution in [2.75, 3.05) is 43.9 Å². The fraction of sp³-hybridized carbons (Fsp3) is 0.643. The number of hydrogen-bond donors (Lipinski definition) is 1. The topological polar surface area (TPSA) is 31.4 Å². The van der Waals surface area contributed by atoms with Crippen LogP contribution in [0.1, 0.15) is 19.8 Å². The first-order valence-electron chi connectivity index (χ1n) is 6.83. The van der Waals surface area contributed by atoms with Gasteiger partial charge in [-0.3, -0.25) is 0 Å². The van der Waals surface area contributed by atoms with Crippen LogP contribution in [-0.2, 0) is 0 Å². The Bertz CT molecular complexity index is 380. The van der Waals surface area contributed by atoms with Crippen molar-refractivity contribution >= 4 is 11.5 Å². The van der Waals surface area contributed by atoms with Crippen molar-refractivity contribution in [2.45, 2.75) is 25.8 Å². The van der Waals surface area contributed by atoms with E-state index >= 15 is 0 Å². The molecule has 0 bridgehead atoms.